The molecule has 2 amide bonds. The molecular weight excluding hydrogens is 605 g/mol. The Morgan fingerprint density at radius 1 is 1.06 bits per heavy atom. The van der Waals surface area contributed by atoms with E-state index in [0.29, 0.717) is 49.1 Å². The predicted octanol–water partition coefficient (Wildman–Crippen LogP) is 8.51. The normalized spacial score (nSPS) is 25.4. The van der Waals surface area contributed by atoms with Crippen molar-refractivity contribution in [1.29, 1.82) is 0 Å². The molecule has 3 aliphatic rings. The van der Waals surface area contributed by atoms with Gasteiger partial charge in [-0.15, -0.1) is 11.3 Å². The third kappa shape index (κ3) is 7.74. The molecular formula is C40H52N2O4S. The molecule has 0 spiro atoms. The highest BCUT2D eigenvalue weighted by Gasteiger charge is 2.57. The molecule has 0 aliphatic heterocycles. The van der Waals surface area contributed by atoms with Crippen LogP contribution in [-0.2, 0) is 6.42 Å². The number of nitrogens with one attached hydrogen (secondary N) is 1. The smallest absolute Gasteiger partial charge is 0.317 e. The molecule has 1 fully saturated rings. The Morgan fingerprint density at radius 2 is 1.83 bits per heavy atom. The standard InChI is InChI=1S/C40H52N2O4S/c1-6-23-42(38(45)41-29(4)31-12-8-7-9-13-31)26-40(46)22-20-35-33-18-16-30(25-34(33)37(44)36-19-15-28(3)47-36)24-32(43)17-14-27(2)11-10-21-39(35,40)5/h7-9,11-13,15-16,18-19,25,29,32,35,43,46H,6,10,14,17,20-24,26H2,1-5H3,(H,41,45)/t29-,32+,35+,39+,40-/m1/s1. The number of fused-ring (bicyclic) bond motifs is 8. The predicted molar refractivity (Wildman–Crippen MR) is 191 cm³/mol. The molecule has 252 valence electrons. The summed E-state index contributed by atoms with van der Waals surface area (Å²) in [7, 11) is 0. The van der Waals surface area contributed by atoms with Gasteiger partial charge in [0, 0.05) is 22.4 Å². The number of amides is 2. The average Bonchev–Trinajstić information content (AvgIpc) is 3.59. The number of aryl methyl sites for hydroxylation is 1. The van der Waals surface area contributed by atoms with Gasteiger partial charge in [0.2, 0.25) is 5.78 Å². The molecule has 0 saturated heterocycles. The van der Waals surface area contributed by atoms with Gasteiger partial charge in [0.05, 0.1) is 29.2 Å². The number of nitrogens with zero attached hydrogens (tertiary/aromatic N) is 1. The first kappa shape index (κ1) is 35.1. The number of aliphatic hydroxyl groups excluding tert-OH is 1. The summed E-state index contributed by atoms with van der Waals surface area (Å²) in [6.07, 6.45) is 7.22. The summed E-state index contributed by atoms with van der Waals surface area (Å²) in [5.74, 6) is -0.0881. The van der Waals surface area contributed by atoms with Gasteiger partial charge in [0.1, 0.15) is 0 Å². The first-order valence-corrected chi connectivity index (χ1v) is 18.2. The molecule has 6 nitrogen and oxygen atoms in total. The van der Waals surface area contributed by atoms with Gasteiger partial charge in [0.25, 0.3) is 0 Å². The molecule has 3 aromatic rings. The first-order chi connectivity index (χ1) is 22.4. The summed E-state index contributed by atoms with van der Waals surface area (Å²) in [6.45, 7) is 11.1. The van der Waals surface area contributed by atoms with Crippen molar-refractivity contribution in [1.82, 2.24) is 10.2 Å². The van der Waals surface area contributed by atoms with Gasteiger partial charge in [-0.1, -0.05) is 68.0 Å². The number of urea groups is 1. The minimum Gasteiger partial charge on any atom is -0.393 e. The van der Waals surface area contributed by atoms with E-state index in [2.05, 4.69) is 44.3 Å². The molecule has 1 aromatic heterocycles. The number of allylic oxidation sites excluding steroid dienone is 2. The monoisotopic (exact) mass is 656 g/mol. The molecule has 0 unspecified atom stereocenters. The summed E-state index contributed by atoms with van der Waals surface area (Å²) < 4.78 is 0. The van der Waals surface area contributed by atoms with E-state index >= 15 is 0 Å². The Hall–Kier alpha value is -3.26. The summed E-state index contributed by atoms with van der Waals surface area (Å²) in [5, 5.41) is 26.9. The fourth-order valence-corrected chi connectivity index (χ4v) is 8.65. The largest absolute Gasteiger partial charge is 0.393 e. The van der Waals surface area contributed by atoms with Gasteiger partial charge in [-0.05, 0) is 113 Å². The van der Waals surface area contributed by atoms with E-state index in [1.54, 1.807) is 4.90 Å². The average molecular weight is 657 g/mol. The molecule has 2 aromatic carbocycles. The highest BCUT2D eigenvalue weighted by molar-refractivity contribution is 7.14. The molecule has 2 bridgehead atoms. The van der Waals surface area contributed by atoms with Gasteiger partial charge >= 0.3 is 6.03 Å². The van der Waals surface area contributed by atoms with E-state index in [-0.39, 0.29) is 30.3 Å². The van der Waals surface area contributed by atoms with Crippen molar-refractivity contribution in [3.05, 3.63) is 104 Å². The van der Waals surface area contributed by atoms with Crippen LogP contribution < -0.4 is 5.32 Å². The number of hydrogen-bond acceptors (Lipinski definition) is 5. The van der Waals surface area contributed by atoms with Crippen molar-refractivity contribution < 1.29 is 19.8 Å². The number of thiophene rings is 1. The first-order valence-electron chi connectivity index (χ1n) is 17.3. The number of benzene rings is 2. The van der Waals surface area contributed by atoms with Crippen LogP contribution in [0.25, 0.3) is 0 Å². The molecule has 3 N–H and O–H groups in total. The highest BCUT2D eigenvalue weighted by atomic mass is 32.1. The van der Waals surface area contributed by atoms with E-state index in [1.807, 2.05) is 62.4 Å². The van der Waals surface area contributed by atoms with E-state index in [0.717, 1.165) is 40.8 Å². The maximum atomic E-state index is 14.2. The van der Waals surface area contributed by atoms with E-state index in [4.69, 9.17) is 0 Å². The number of carbonyl (C=O) groups is 2. The summed E-state index contributed by atoms with van der Waals surface area (Å²) >= 11 is 1.50. The summed E-state index contributed by atoms with van der Waals surface area (Å²) in [5.41, 5.74) is 3.08. The van der Waals surface area contributed by atoms with Crippen LogP contribution in [0.4, 0.5) is 4.79 Å². The molecule has 47 heavy (non-hydrogen) atoms. The quantitative estimate of drug-likeness (QED) is 0.168. The lowest BCUT2D eigenvalue weighted by Gasteiger charge is -2.46. The van der Waals surface area contributed by atoms with Crippen LogP contribution in [0.15, 0.2) is 72.3 Å². The van der Waals surface area contributed by atoms with Crippen LogP contribution in [0.3, 0.4) is 0 Å². The van der Waals surface area contributed by atoms with E-state index in [9.17, 15) is 19.8 Å². The molecule has 3 aliphatic carbocycles. The van der Waals surface area contributed by atoms with Gasteiger partial charge in [0.15, 0.2) is 0 Å². The summed E-state index contributed by atoms with van der Waals surface area (Å²) in [6, 6.07) is 19.6. The fraction of sp³-hybridized carbons (Fsp3) is 0.500. The van der Waals surface area contributed by atoms with Gasteiger partial charge in [-0.3, -0.25) is 4.79 Å². The second-order valence-corrected chi connectivity index (χ2v) is 15.5. The van der Waals surface area contributed by atoms with Crippen LogP contribution in [0, 0.1) is 12.3 Å². The molecule has 6 rings (SSSR count). The lowest BCUT2D eigenvalue weighted by Crippen LogP contribution is -2.55. The molecule has 1 saturated carbocycles. The second-order valence-electron chi connectivity index (χ2n) is 14.2. The van der Waals surface area contributed by atoms with Crippen molar-refractivity contribution in [2.45, 2.75) is 110 Å². The number of ketones is 1. The van der Waals surface area contributed by atoms with Crippen LogP contribution in [0.1, 0.15) is 121 Å². The Balaban J connectivity index is 1.53. The zero-order valence-electron chi connectivity index (χ0n) is 28.7. The number of carbonyl (C=O) groups excluding carboxylic acids is 2. The third-order valence-electron chi connectivity index (χ3n) is 10.8. The Labute approximate surface area is 284 Å². The van der Waals surface area contributed by atoms with E-state index < -0.39 is 17.1 Å². The lowest BCUT2D eigenvalue weighted by atomic mass is 9.64. The minimum absolute atomic E-state index is 0.00282. The van der Waals surface area contributed by atoms with Crippen molar-refractivity contribution in [3.63, 3.8) is 0 Å². The fourth-order valence-electron chi connectivity index (χ4n) is 7.83. The maximum Gasteiger partial charge on any atom is 0.317 e. The molecule has 5 atom stereocenters. The Morgan fingerprint density at radius 3 is 2.53 bits per heavy atom. The van der Waals surface area contributed by atoms with Gasteiger partial charge in [-0.25, -0.2) is 4.79 Å². The Kier molecular flexibility index (Phi) is 11.1. The van der Waals surface area contributed by atoms with Crippen LogP contribution in [0.5, 0.6) is 0 Å². The lowest BCUT2D eigenvalue weighted by molar-refractivity contribution is -0.0770. The number of aliphatic hydroxyl groups is 2. The van der Waals surface area contributed by atoms with Crippen molar-refractivity contribution >= 4 is 23.2 Å². The molecule has 7 heteroatoms. The third-order valence-corrected chi connectivity index (χ3v) is 11.8. The van der Waals surface area contributed by atoms with E-state index in [1.165, 1.54) is 16.9 Å². The topological polar surface area (TPSA) is 89.9 Å². The molecule has 1 heterocycles. The van der Waals surface area contributed by atoms with Crippen LogP contribution in [-0.4, -0.2) is 51.7 Å². The Bertz CT molecular complexity index is 1580. The van der Waals surface area contributed by atoms with Gasteiger partial charge in [-0.2, -0.15) is 0 Å². The van der Waals surface area contributed by atoms with Crippen molar-refractivity contribution in [3.8, 4) is 0 Å². The molecule has 0 radical (unpaired) electrons. The van der Waals surface area contributed by atoms with Crippen molar-refractivity contribution in [2.75, 3.05) is 13.1 Å². The summed E-state index contributed by atoms with van der Waals surface area (Å²) in [4.78, 5) is 31.5. The van der Waals surface area contributed by atoms with Crippen LogP contribution >= 0.6 is 11.3 Å². The zero-order valence-corrected chi connectivity index (χ0v) is 29.5. The van der Waals surface area contributed by atoms with Gasteiger partial charge < -0.3 is 20.4 Å². The SMILES string of the molecule is CCCN(C[C@]1(O)CC[C@H]2c3ccc(cc3C(=O)c3ccc(C)s3)C[C@@H](O)CCC(C)=CCC[C@@]21C)C(=O)N[C@H](C)c1ccccc1. The minimum atomic E-state index is -1.16. The second kappa shape index (κ2) is 14.9. The number of rotatable bonds is 8. The van der Waals surface area contributed by atoms with Crippen molar-refractivity contribution in [2.24, 2.45) is 5.41 Å². The maximum absolute atomic E-state index is 14.2. The highest BCUT2D eigenvalue weighted by Crippen LogP contribution is 2.59. The van der Waals surface area contributed by atoms with Crippen LogP contribution in [0.2, 0.25) is 0 Å². The number of hydrogen-bond donors (Lipinski definition) is 3. The zero-order chi connectivity index (χ0) is 33.8.